The molecule has 2 aromatic rings. The highest BCUT2D eigenvalue weighted by Gasteiger charge is 2.30. The third-order valence-corrected chi connectivity index (χ3v) is 3.86. The van der Waals surface area contributed by atoms with Crippen LogP contribution < -0.4 is 0 Å². The molecular weight excluding hydrogens is 226 g/mol. The summed E-state index contributed by atoms with van der Waals surface area (Å²) in [6.07, 6.45) is 7.74. The van der Waals surface area contributed by atoms with Crippen molar-refractivity contribution in [3.8, 4) is 0 Å². The van der Waals surface area contributed by atoms with Gasteiger partial charge >= 0.3 is 0 Å². The first-order valence-corrected chi connectivity index (χ1v) is 6.69. The highest BCUT2D eigenvalue weighted by Crippen LogP contribution is 2.31. The van der Waals surface area contributed by atoms with Crippen LogP contribution in [0.15, 0.2) is 18.3 Å². The molecule has 2 heterocycles. The number of aliphatic hydroxyl groups is 1. The van der Waals surface area contributed by atoms with Gasteiger partial charge in [0.25, 0.3) is 0 Å². The average Bonchev–Trinajstić information content (AvgIpc) is 2.77. The Bertz CT molecular complexity index is 555. The Hall–Kier alpha value is -1.42. The number of aromatic nitrogens is 3. The summed E-state index contributed by atoms with van der Waals surface area (Å²) in [5, 5.41) is 15.0. The highest BCUT2D eigenvalue weighted by molar-refractivity contribution is 5.39. The molecule has 2 aromatic heterocycles. The van der Waals surface area contributed by atoms with Gasteiger partial charge in [-0.25, -0.2) is 9.50 Å². The Morgan fingerprint density at radius 2 is 2.11 bits per heavy atom. The second-order valence-electron chi connectivity index (χ2n) is 5.45. The summed E-state index contributed by atoms with van der Waals surface area (Å²) < 4.78 is 1.85. The summed E-state index contributed by atoms with van der Waals surface area (Å²) in [7, 11) is 0. The van der Waals surface area contributed by atoms with E-state index in [9.17, 15) is 5.11 Å². The summed E-state index contributed by atoms with van der Waals surface area (Å²) in [5.41, 5.74) is 2.36. The van der Waals surface area contributed by atoms with Crippen LogP contribution >= 0.6 is 0 Å². The molecule has 18 heavy (non-hydrogen) atoms. The SMILES string of the molecule is Cc1cc(CC2(O)CCCCC2)n2nccc2n1. The number of hydrogen-bond acceptors (Lipinski definition) is 3. The molecule has 0 saturated heterocycles. The van der Waals surface area contributed by atoms with E-state index in [-0.39, 0.29) is 0 Å². The van der Waals surface area contributed by atoms with Crippen molar-refractivity contribution in [3.63, 3.8) is 0 Å². The molecule has 1 fully saturated rings. The van der Waals surface area contributed by atoms with Crippen LogP contribution in [-0.4, -0.2) is 25.3 Å². The highest BCUT2D eigenvalue weighted by atomic mass is 16.3. The van der Waals surface area contributed by atoms with Gasteiger partial charge in [0.2, 0.25) is 0 Å². The van der Waals surface area contributed by atoms with Crippen molar-refractivity contribution in [2.45, 2.75) is 51.0 Å². The van der Waals surface area contributed by atoms with Crippen LogP contribution in [0.25, 0.3) is 5.65 Å². The van der Waals surface area contributed by atoms with Gasteiger partial charge in [-0.1, -0.05) is 19.3 Å². The molecule has 0 atom stereocenters. The van der Waals surface area contributed by atoms with Crippen LogP contribution in [0.1, 0.15) is 43.5 Å². The molecule has 0 bridgehead atoms. The number of hydrogen-bond donors (Lipinski definition) is 1. The number of fused-ring (bicyclic) bond motifs is 1. The number of nitrogens with zero attached hydrogens (tertiary/aromatic N) is 3. The number of aryl methyl sites for hydroxylation is 1. The molecule has 0 aliphatic heterocycles. The van der Waals surface area contributed by atoms with Crippen LogP contribution in [0, 0.1) is 6.92 Å². The predicted molar refractivity (Wildman–Crippen MR) is 69.5 cm³/mol. The molecule has 0 spiro atoms. The van der Waals surface area contributed by atoms with Crippen molar-refractivity contribution in [3.05, 3.63) is 29.7 Å². The largest absolute Gasteiger partial charge is 0.389 e. The second-order valence-corrected chi connectivity index (χ2v) is 5.45. The molecule has 1 N–H and O–H groups in total. The van der Waals surface area contributed by atoms with E-state index in [1.165, 1.54) is 6.42 Å². The van der Waals surface area contributed by atoms with E-state index in [2.05, 4.69) is 10.1 Å². The van der Waals surface area contributed by atoms with E-state index in [1.807, 2.05) is 23.6 Å². The van der Waals surface area contributed by atoms with E-state index >= 15 is 0 Å². The van der Waals surface area contributed by atoms with E-state index in [0.29, 0.717) is 6.42 Å². The topological polar surface area (TPSA) is 50.4 Å². The maximum Gasteiger partial charge on any atom is 0.155 e. The van der Waals surface area contributed by atoms with Crippen molar-refractivity contribution < 1.29 is 5.11 Å². The third-order valence-electron chi connectivity index (χ3n) is 3.86. The smallest absolute Gasteiger partial charge is 0.155 e. The van der Waals surface area contributed by atoms with Gasteiger partial charge in [0.05, 0.1) is 11.8 Å². The lowest BCUT2D eigenvalue weighted by atomic mass is 9.81. The van der Waals surface area contributed by atoms with Gasteiger partial charge in [-0.15, -0.1) is 0 Å². The molecule has 0 amide bonds. The van der Waals surface area contributed by atoms with E-state index in [1.54, 1.807) is 6.20 Å². The van der Waals surface area contributed by atoms with Crippen LogP contribution in [-0.2, 0) is 6.42 Å². The first-order chi connectivity index (χ1) is 8.66. The zero-order chi connectivity index (χ0) is 12.6. The molecule has 96 valence electrons. The Kier molecular flexibility index (Phi) is 2.82. The first-order valence-electron chi connectivity index (χ1n) is 6.69. The minimum atomic E-state index is -0.551. The maximum absolute atomic E-state index is 10.7. The van der Waals surface area contributed by atoms with E-state index in [0.717, 1.165) is 42.7 Å². The standard InChI is InChI=1S/C14H19N3O/c1-11-9-12(17-13(16-11)5-8-15-17)10-14(18)6-3-2-4-7-14/h5,8-9,18H,2-4,6-7,10H2,1H3. The van der Waals surface area contributed by atoms with Crippen molar-refractivity contribution in [1.82, 2.24) is 14.6 Å². The van der Waals surface area contributed by atoms with Crippen LogP contribution in [0.3, 0.4) is 0 Å². The number of rotatable bonds is 2. The fourth-order valence-electron chi connectivity index (χ4n) is 2.97. The molecule has 0 unspecified atom stereocenters. The van der Waals surface area contributed by atoms with Gasteiger partial charge in [0.1, 0.15) is 0 Å². The molecule has 0 aromatic carbocycles. The minimum absolute atomic E-state index is 0.551. The van der Waals surface area contributed by atoms with Gasteiger partial charge in [0, 0.05) is 23.9 Å². The fraction of sp³-hybridized carbons (Fsp3) is 0.571. The van der Waals surface area contributed by atoms with Gasteiger partial charge in [-0.3, -0.25) is 0 Å². The molecule has 1 aliphatic carbocycles. The zero-order valence-corrected chi connectivity index (χ0v) is 10.8. The van der Waals surface area contributed by atoms with Gasteiger partial charge in [0.15, 0.2) is 5.65 Å². The Labute approximate surface area is 107 Å². The molecule has 4 nitrogen and oxygen atoms in total. The van der Waals surface area contributed by atoms with Gasteiger partial charge < -0.3 is 5.11 Å². The van der Waals surface area contributed by atoms with Crippen molar-refractivity contribution in [2.75, 3.05) is 0 Å². The summed E-state index contributed by atoms with van der Waals surface area (Å²) in [6.45, 7) is 1.99. The summed E-state index contributed by atoms with van der Waals surface area (Å²) in [5.74, 6) is 0. The first kappa shape index (κ1) is 11.7. The van der Waals surface area contributed by atoms with Crippen molar-refractivity contribution >= 4 is 5.65 Å². The van der Waals surface area contributed by atoms with Crippen molar-refractivity contribution in [2.24, 2.45) is 0 Å². The minimum Gasteiger partial charge on any atom is -0.389 e. The van der Waals surface area contributed by atoms with E-state index < -0.39 is 5.60 Å². The zero-order valence-electron chi connectivity index (χ0n) is 10.8. The van der Waals surface area contributed by atoms with Gasteiger partial charge in [-0.2, -0.15) is 5.10 Å². The van der Waals surface area contributed by atoms with Crippen molar-refractivity contribution in [1.29, 1.82) is 0 Å². The molecule has 1 aliphatic rings. The molecule has 0 radical (unpaired) electrons. The predicted octanol–water partition coefficient (Wildman–Crippen LogP) is 2.28. The van der Waals surface area contributed by atoms with Crippen LogP contribution in [0.5, 0.6) is 0 Å². The maximum atomic E-state index is 10.7. The van der Waals surface area contributed by atoms with E-state index in [4.69, 9.17) is 0 Å². The lowest BCUT2D eigenvalue weighted by Crippen LogP contribution is -2.34. The molecular formula is C14H19N3O. The third kappa shape index (κ3) is 2.12. The van der Waals surface area contributed by atoms with Crippen LogP contribution in [0.4, 0.5) is 0 Å². The van der Waals surface area contributed by atoms with Crippen LogP contribution in [0.2, 0.25) is 0 Å². The average molecular weight is 245 g/mol. The fourth-order valence-corrected chi connectivity index (χ4v) is 2.97. The normalized spacial score (nSPS) is 19.2. The van der Waals surface area contributed by atoms with Gasteiger partial charge in [-0.05, 0) is 25.8 Å². The monoisotopic (exact) mass is 245 g/mol. The second kappa shape index (κ2) is 4.35. The molecule has 3 rings (SSSR count). The Morgan fingerprint density at radius 1 is 1.33 bits per heavy atom. The molecule has 1 saturated carbocycles. The lowest BCUT2D eigenvalue weighted by Gasteiger charge is -2.32. The quantitative estimate of drug-likeness (QED) is 0.883. The Morgan fingerprint density at radius 3 is 2.89 bits per heavy atom. The molecule has 4 heteroatoms. The Balaban J connectivity index is 1.96. The summed E-state index contributed by atoms with van der Waals surface area (Å²) >= 11 is 0. The summed E-state index contributed by atoms with van der Waals surface area (Å²) in [6, 6.07) is 3.94. The summed E-state index contributed by atoms with van der Waals surface area (Å²) in [4.78, 5) is 4.43. The lowest BCUT2D eigenvalue weighted by molar-refractivity contribution is 0.00323.